The molecule has 4 heteroatoms. The molecule has 1 heterocycles. The average Bonchev–Trinajstić information content (AvgIpc) is 2.30. The Morgan fingerprint density at radius 1 is 1.38 bits per heavy atom. The fraction of sp³-hybridized carbons (Fsp3) is 0.417. The number of rotatable bonds is 3. The zero-order chi connectivity index (χ0) is 11.4. The van der Waals surface area contributed by atoms with Crippen LogP contribution in [-0.2, 0) is 11.2 Å². The number of benzene rings is 1. The summed E-state index contributed by atoms with van der Waals surface area (Å²) < 4.78 is 1.11. The number of hydrazine groups is 1. The van der Waals surface area contributed by atoms with E-state index >= 15 is 0 Å². The fourth-order valence-corrected chi connectivity index (χ4v) is 2.30. The summed E-state index contributed by atoms with van der Waals surface area (Å²) in [6.07, 6.45) is 2.49. The Bertz CT molecular complexity index is 381. The Morgan fingerprint density at radius 3 is 2.94 bits per heavy atom. The van der Waals surface area contributed by atoms with Crippen LogP contribution in [0.3, 0.4) is 0 Å². The standard InChI is InChI=1S/C12H15BrN2O/c13-11-5-2-1-4-10(11)7-9-15-12(16)6-3-8-14-15/h1-2,4-5,14H,3,6-9H2. The minimum absolute atomic E-state index is 0.207. The summed E-state index contributed by atoms with van der Waals surface area (Å²) in [6, 6.07) is 8.13. The molecule has 1 aromatic rings. The maximum absolute atomic E-state index is 11.6. The maximum Gasteiger partial charge on any atom is 0.236 e. The lowest BCUT2D eigenvalue weighted by molar-refractivity contribution is -0.136. The summed E-state index contributed by atoms with van der Waals surface area (Å²) in [5, 5.41) is 1.74. The van der Waals surface area contributed by atoms with Crippen molar-refractivity contribution >= 4 is 21.8 Å². The summed E-state index contributed by atoms with van der Waals surface area (Å²) in [4.78, 5) is 11.6. The Balaban J connectivity index is 1.92. The van der Waals surface area contributed by atoms with Gasteiger partial charge in [0.25, 0.3) is 0 Å². The Labute approximate surface area is 104 Å². The quantitative estimate of drug-likeness (QED) is 0.921. The predicted molar refractivity (Wildman–Crippen MR) is 66.8 cm³/mol. The van der Waals surface area contributed by atoms with Gasteiger partial charge in [-0.15, -0.1) is 0 Å². The molecule has 0 bridgehead atoms. The van der Waals surface area contributed by atoms with Gasteiger partial charge in [0.15, 0.2) is 0 Å². The lowest BCUT2D eigenvalue weighted by atomic mass is 10.1. The van der Waals surface area contributed by atoms with Crippen LogP contribution in [-0.4, -0.2) is 24.0 Å². The second-order valence-electron chi connectivity index (χ2n) is 3.90. The van der Waals surface area contributed by atoms with Crippen LogP contribution < -0.4 is 5.43 Å². The molecular formula is C12H15BrN2O. The van der Waals surface area contributed by atoms with Crippen LogP contribution in [0.4, 0.5) is 0 Å². The highest BCUT2D eigenvalue weighted by atomic mass is 79.9. The lowest BCUT2D eigenvalue weighted by Gasteiger charge is -2.27. The minimum atomic E-state index is 0.207. The first-order valence-electron chi connectivity index (χ1n) is 5.54. The van der Waals surface area contributed by atoms with Gasteiger partial charge in [0.2, 0.25) is 5.91 Å². The van der Waals surface area contributed by atoms with Crippen molar-refractivity contribution < 1.29 is 4.79 Å². The summed E-state index contributed by atoms with van der Waals surface area (Å²) >= 11 is 3.51. The third kappa shape index (κ3) is 2.83. The highest BCUT2D eigenvalue weighted by molar-refractivity contribution is 9.10. The van der Waals surface area contributed by atoms with Gasteiger partial charge in [0.05, 0.1) is 0 Å². The molecule has 0 spiro atoms. The van der Waals surface area contributed by atoms with E-state index in [1.807, 2.05) is 18.2 Å². The Kier molecular flexibility index (Phi) is 3.96. The van der Waals surface area contributed by atoms with E-state index in [-0.39, 0.29) is 5.91 Å². The van der Waals surface area contributed by atoms with Gasteiger partial charge < -0.3 is 0 Å². The van der Waals surface area contributed by atoms with Crippen molar-refractivity contribution in [2.24, 2.45) is 0 Å². The molecule has 0 saturated carbocycles. The Hall–Kier alpha value is -0.870. The second-order valence-corrected chi connectivity index (χ2v) is 4.75. The summed E-state index contributed by atoms with van der Waals surface area (Å²) in [5.41, 5.74) is 4.37. The van der Waals surface area contributed by atoms with Gasteiger partial charge in [-0.1, -0.05) is 34.1 Å². The van der Waals surface area contributed by atoms with E-state index < -0.39 is 0 Å². The van der Waals surface area contributed by atoms with Crippen LogP contribution in [0.2, 0.25) is 0 Å². The smallest absolute Gasteiger partial charge is 0.236 e. The van der Waals surface area contributed by atoms with Gasteiger partial charge in [0.1, 0.15) is 0 Å². The molecule has 1 fully saturated rings. The van der Waals surface area contributed by atoms with Gasteiger partial charge >= 0.3 is 0 Å². The van der Waals surface area contributed by atoms with Crippen LogP contribution in [0, 0.1) is 0 Å². The van der Waals surface area contributed by atoms with Crippen LogP contribution in [0.5, 0.6) is 0 Å². The lowest BCUT2D eigenvalue weighted by Crippen LogP contribution is -2.47. The number of hydrogen-bond acceptors (Lipinski definition) is 2. The third-order valence-corrected chi connectivity index (χ3v) is 3.51. The van der Waals surface area contributed by atoms with E-state index in [2.05, 4.69) is 27.4 Å². The van der Waals surface area contributed by atoms with E-state index in [1.165, 1.54) is 5.56 Å². The van der Waals surface area contributed by atoms with Gasteiger partial charge in [-0.05, 0) is 24.5 Å². The molecular weight excluding hydrogens is 268 g/mol. The molecule has 0 unspecified atom stereocenters. The molecule has 0 atom stereocenters. The van der Waals surface area contributed by atoms with Crippen molar-refractivity contribution in [2.45, 2.75) is 19.3 Å². The topological polar surface area (TPSA) is 32.3 Å². The molecule has 1 amide bonds. The zero-order valence-corrected chi connectivity index (χ0v) is 10.7. The first kappa shape index (κ1) is 11.6. The number of carbonyl (C=O) groups excluding carboxylic acids is 1. The monoisotopic (exact) mass is 282 g/mol. The summed E-state index contributed by atoms with van der Waals surface area (Å²) in [6.45, 7) is 1.64. The number of nitrogens with one attached hydrogen (secondary N) is 1. The van der Waals surface area contributed by atoms with Crippen LogP contribution in [0.15, 0.2) is 28.7 Å². The molecule has 0 aliphatic carbocycles. The largest absolute Gasteiger partial charge is 0.278 e. The van der Waals surface area contributed by atoms with Gasteiger partial charge in [-0.2, -0.15) is 0 Å². The minimum Gasteiger partial charge on any atom is -0.278 e. The maximum atomic E-state index is 11.6. The Morgan fingerprint density at radius 2 is 2.19 bits per heavy atom. The summed E-state index contributed by atoms with van der Waals surface area (Å²) in [7, 11) is 0. The molecule has 86 valence electrons. The highest BCUT2D eigenvalue weighted by Gasteiger charge is 2.17. The number of amides is 1. The summed E-state index contributed by atoms with van der Waals surface area (Å²) in [5.74, 6) is 0.207. The second kappa shape index (κ2) is 5.46. The van der Waals surface area contributed by atoms with Crippen molar-refractivity contribution in [1.29, 1.82) is 0 Å². The first-order valence-corrected chi connectivity index (χ1v) is 6.34. The molecule has 0 radical (unpaired) electrons. The van der Waals surface area contributed by atoms with E-state index in [0.29, 0.717) is 6.42 Å². The van der Waals surface area contributed by atoms with Gasteiger partial charge in [-0.25, -0.2) is 5.43 Å². The van der Waals surface area contributed by atoms with Crippen LogP contribution in [0.25, 0.3) is 0 Å². The molecule has 16 heavy (non-hydrogen) atoms. The predicted octanol–water partition coefficient (Wildman–Crippen LogP) is 2.12. The van der Waals surface area contributed by atoms with Crippen molar-refractivity contribution in [2.75, 3.05) is 13.1 Å². The van der Waals surface area contributed by atoms with E-state index in [9.17, 15) is 4.79 Å². The molecule has 1 aromatic carbocycles. The molecule has 3 nitrogen and oxygen atoms in total. The fourth-order valence-electron chi connectivity index (χ4n) is 1.81. The van der Waals surface area contributed by atoms with E-state index in [1.54, 1.807) is 5.01 Å². The molecule has 1 N–H and O–H groups in total. The van der Waals surface area contributed by atoms with Gasteiger partial charge in [-0.3, -0.25) is 9.80 Å². The van der Waals surface area contributed by atoms with Crippen LogP contribution >= 0.6 is 15.9 Å². The van der Waals surface area contributed by atoms with Crippen molar-refractivity contribution in [3.05, 3.63) is 34.3 Å². The number of halogens is 1. The zero-order valence-electron chi connectivity index (χ0n) is 9.08. The normalized spacial score (nSPS) is 16.6. The SMILES string of the molecule is O=C1CCCNN1CCc1ccccc1Br. The highest BCUT2D eigenvalue weighted by Crippen LogP contribution is 2.16. The molecule has 0 aromatic heterocycles. The number of carbonyl (C=O) groups is 1. The average molecular weight is 283 g/mol. The van der Waals surface area contributed by atoms with Crippen molar-refractivity contribution in [3.8, 4) is 0 Å². The van der Waals surface area contributed by atoms with Gasteiger partial charge in [0, 0.05) is 24.0 Å². The first-order chi connectivity index (χ1) is 7.77. The molecule has 1 aliphatic heterocycles. The molecule has 2 rings (SSSR count). The number of nitrogens with zero attached hydrogens (tertiary/aromatic N) is 1. The molecule has 1 aliphatic rings. The van der Waals surface area contributed by atoms with Crippen LogP contribution in [0.1, 0.15) is 18.4 Å². The van der Waals surface area contributed by atoms with E-state index in [4.69, 9.17) is 0 Å². The van der Waals surface area contributed by atoms with E-state index in [0.717, 1.165) is 30.4 Å². The third-order valence-electron chi connectivity index (χ3n) is 2.73. The number of hydrogen-bond donors (Lipinski definition) is 1. The van der Waals surface area contributed by atoms with Crippen molar-refractivity contribution in [3.63, 3.8) is 0 Å². The molecule has 1 saturated heterocycles. The van der Waals surface area contributed by atoms with Crippen molar-refractivity contribution in [1.82, 2.24) is 10.4 Å².